The van der Waals surface area contributed by atoms with Crippen LogP contribution < -0.4 is 5.32 Å². The lowest BCUT2D eigenvalue weighted by atomic mass is 10.1. The highest BCUT2D eigenvalue weighted by atomic mass is 16.6. The average Bonchev–Trinajstić information content (AvgIpc) is 3.30. The largest absolute Gasteiger partial charge is 0.382 e. The molecule has 1 unspecified atom stereocenters. The fraction of sp³-hybridized carbons (Fsp3) is 0.211. The molecule has 1 amide bonds. The van der Waals surface area contributed by atoms with Crippen LogP contribution in [0.1, 0.15) is 17.5 Å². The predicted molar refractivity (Wildman–Crippen MR) is 95.3 cm³/mol. The van der Waals surface area contributed by atoms with Crippen LogP contribution in [0.15, 0.2) is 60.1 Å². The van der Waals surface area contributed by atoms with Crippen LogP contribution in [-0.2, 0) is 16.1 Å². The third kappa shape index (κ3) is 3.24. The third-order valence-corrected chi connectivity index (χ3v) is 4.34. The molecule has 0 radical (unpaired) electrons. The summed E-state index contributed by atoms with van der Waals surface area (Å²) in [5, 5.41) is 8.16. The highest BCUT2D eigenvalue weighted by Crippen LogP contribution is 2.18. The Morgan fingerprint density at radius 2 is 2.08 bits per heavy atom. The van der Waals surface area contributed by atoms with Crippen molar-refractivity contribution in [1.29, 1.82) is 0 Å². The minimum atomic E-state index is -0.564. The molecule has 3 aromatic rings. The number of oxime groups is 1. The van der Waals surface area contributed by atoms with Crippen LogP contribution >= 0.6 is 0 Å². The van der Waals surface area contributed by atoms with E-state index in [4.69, 9.17) is 4.84 Å². The molecule has 4 rings (SSSR count). The number of aromatic amines is 1. The molecule has 6 heteroatoms. The fourth-order valence-electron chi connectivity index (χ4n) is 3.01. The van der Waals surface area contributed by atoms with E-state index in [1.165, 1.54) is 10.9 Å². The topological polar surface area (TPSA) is 79.4 Å². The number of nitrogens with one attached hydrogen (secondary N) is 2. The second-order valence-electron chi connectivity index (χ2n) is 5.97. The molecule has 0 spiro atoms. The number of carbonyl (C=O) groups is 1. The molecule has 1 aliphatic heterocycles. The van der Waals surface area contributed by atoms with Crippen LogP contribution in [0.3, 0.4) is 0 Å². The third-order valence-electron chi connectivity index (χ3n) is 4.34. The van der Waals surface area contributed by atoms with Crippen LogP contribution in [-0.4, -0.2) is 34.2 Å². The number of hydrogen-bond donors (Lipinski definition) is 2. The summed E-state index contributed by atoms with van der Waals surface area (Å²) in [6.07, 6.45) is 6.07. The number of aromatic nitrogens is 2. The Morgan fingerprint density at radius 3 is 2.96 bits per heavy atom. The first-order valence-electron chi connectivity index (χ1n) is 8.27. The molecule has 0 fully saturated rings. The molecule has 25 heavy (non-hydrogen) atoms. The number of rotatable bonds is 5. The number of benzene rings is 1. The second-order valence-corrected chi connectivity index (χ2v) is 5.97. The van der Waals surface area contributed by atoms with Gasteiger partial charge in [0.05, 0.1) is 5.71 Å². The number of amides is 1. The van der Waals surface area contributed by atoms with Crippen molar-refractivity contribution in [2.75, 3.05) is 6.54 Å². The highest BCUT2D eigenvalue weighted by Gasteiger charge is 2.28. The summed E-state index contributed by atoms with van der Waals surface area (Å²) in [5.74, 6) is -0.132. The standard InChI is InChI=1S/C19H18N4O2/c24-19(18-11-17(23-25-18)13-5-8-20-9-6-13)21-10-7-14-12-22-16-4-2-1-3-15(14)16/h1-6,8-9,12,18,22H,7,10-11H2,(H,21,24). The van der Waals surface area contributed by atoms with Crippen molar-refractivity contribution in [3.8, 4) is 0 Å². The molecule has 6 nitrogen and oxygen atoms in total. The number of para-hydroxylation sites is 1. The summed E-state index contributed by atoms with van der Waals surface area (Å²) in [7, 11) is 0. The van der Waals surface area contributed by atoms with E-state index in [-0.39, 0.29) is 5.91 Å². The summed E-state index contributed by atoms with van der Waals surface area (Å²) in [5.41, 5.74) is 4.01. The smallest absolute Gasteiger partial charge is 0.264 e. The molecular weight excluding hydrogens is 316 g/mol. The van der Waals surface area contributed by atoms with E-state index >= 15 is 0 Å². The van der Waals surface area contributed by atoms with Gasteiger partial charge in [-0.3, -0.25) is 9.78 Å². The molecule has 2 N–H and O–H groups in total. The SMILES string of the molecule is O=C(NCCc1c[nH]c2ccccc12)C1CC(c2ccncc2)=NO1. The van der Waals surface area contributed by atoms with Crippen molar-refractivity contribution in [3.63, 3.8) is 0 Å². The van der Waals surface area contributed by atoms with E-state index in [0.29, 0.717) is 13.0 Å². The van der Waals surface area contributed by atoms with Gasteiger partial charge in [-0.1, -0.05) is 23.4 Å². The molecule has 3 heterocycles. The summed E-state index contributed by atoms with van der Waals surface area (Å²) >= 11 is 0. The van der Waals surface area contributed by atoms with Gasteiger partial charge in [-0.25, -0.2) is 0 Å². The molecule has 0 saturated heterocycles. The van der Waals surface area contributed by atoms with Crippen LogP contribution in [0.25, 0.3) is 10.9 Å². The van der Waals surface area contributed by atoms with Gasteiger partial charge in [-0.15, -0.1) is 0 Å². The number of H-pyrrole nitrogens is 1. The van der Waals surface area contributed by atoms with Gasteiger partial charge in [0.25, 0.3) is 5.91 Å². The molecule has 0 aliphatic carbocycles. The average molecular weight is 334 g/mol. The van der Waals surface area contributed by atoms with Crippen LogP contribution in [0.5, 0.6) is 0 Å². The molecule has 0 bridgehead atoms. The maximum atomic E-state index is 12.3. The van der Waals surface area contributed by atoms with Crippen molar-refractivity contribution in [2.45, 2.75) is 18.9 Å². The molecule has 0 saturated carbocycles. The molecule has 1 aromatic carbocycles. The normalized spacial score (nSPS) is 16.5. The summed E-state index contributed by atoms with van der Waals surface area (Å²) in [4.78, 5) is 24.8. The lowest BCUT2D eigenvalue weighted by Crippen LogP contribution is -2.35. The predicted octanol–water partition coefficient (Wildman–Crippen LogP) is 2.41. The number of hydrogen-bond acceptors (Lipinski definition) is 4. The van der Waals surface area contributed by atoms with Crippen molar-refractivity contribution in [1.82, 2.24) is 15.3 Å². The summed E-state index contributed by atoms with van der Waals surface area (Å²) in [6, 6.07) is 11.9. The molecule has 1 aliphatic rings. The Bertz CT molecular complexity index is 917. The van der Waals surface area contributed by atoms with Gasteiger partial charge in [0.1, 0.15) is 0 Å². The Labute approximate surface area is 144 Å². The van der Waals surface area contributed by atoms with Gasteiger partial charge >= 0.3 is 0 Å². The van der Waals surface area contributed by atoms with E-state index in [1.54, 1.807) is 12.4 Å². The van der Waals surface area contributed by atoms with Gasteiger partial charge in [0, 0.05) is 48.0 Å². The Balaban J connectivity index is 1.30. The van der Waals surface area contributed by atoms with Gasteiger partial charge in [-0.05, 0) is 30.2 Å². The van der Waals surface area contributed by atoms with Gasteiger partial charge in [-0.2, -0.15) is 0 Å². The zero-order valence-corrected chi connectivity index (χ0v) is 13.6. The minimum absolute atomic E-state index is 0.132. The van der Waals surface area contributed by atoms with E-state index in [9.17, 15) is 4.79 Å². The molecule has 2 aromatic heterocycles. The maximum Gasteiger partial charge on any atom is 0.264 e. The first-order valence-corrected chi connectivity index (χ1v) is 8.27. The number of carbonyl (C=O) groups excluding carboxylic acids is 1. The number of fused-ring (bicyclic) bond motifs is 1. The van der Waals surface area contributed by atoms with Crippen molar-refractivity contribution in [3.05, 3.63) is 66.1 Å². The first-order chi connectivity index (χ1) is 12.3. The highest BCUT2D eigenvalue weighted by molar-refractivity contribution is 6.03. The van der Waals surface area contributed by atoms with E-state index in [0.717, 1.165) is 23.2 Å². The van der Waals surface area contributed by atoms with Gasteiger partial charge in [0.15, 0.2) is 0 Å². The van der Waals surface area contributed by atoms with Crippen LogP contribution in [0, 0.1) is 0 Å². The lowest BCUT2D eigenvalue weighted by Gasteiger charge is -2.09. The Kier molecular flexibility index (Phi) is 4.16. The zero-order chi connectivity index (χ0) is 17.1. The molecular formula is C19H18N4O2. The number of nitrogens with zero attached hydrogens (tertiary/aromatic N) is 2. The van der Waals surface area contributed by atoms with Crippen molar-refractivity contribution >= 4 is 22.5 Å². The van der Waals surface area contributed by atoms with Crippen molar-refractivity contribution in [2.24, 2.45) is 5.16 Å². The summed E-state index contributed by atoms with van der Waals surface area (Å²) in [6.45, 7) is 0.561. The maximum absolute atomic E-state index is 12.3. The fourth-order valence-corrected chi connectivity index (χ4v) is 3.01. The number of pyridine rings is 1. The van der Waals surface area contributed by atoms with Crippen LogP contribution in [0.4, 0.5) is 0 Å². The second kappa shape index (κ2) is 6.76. The van der Waals surface area contributed by atoms with Crippen molar-refractivity contribution < 1.29 is 9.63 Å². The van der Waals surface area contributed by atoms with Gasteiger partial charge in [0.2, 0.25) is 6.10 Å². The van der Waals surface area contributed by atoms with E-state index in [1.807, 2.05) is 36.5 Å². The monoisotopic (exact) mass is 334 g/mol. The van der Waals surface area contributed by atoms with E-state index < -0.39 is 6.10 Å². The lowest BCUT2D eigenvalue weighted by molar-refractivity contribution is -0.131. The van der Waals surface area contributed by atoms with Gasteiger partial charge < -0.3 is 15.1 Å². The quantitative estimate of drug-likeness (QED) is 0.752. The molecule has 126 valence electrons. The van der Waals surface area contributed by atoms with Crippen LogP contribution in [0.2, 0.25) is 0 Å². The Hall–Kier alpha value is -3.15. The Morgan fingerprint density at radius 1 is 1.24 bits per heavy atom. The van der Waals surface area contributed by atoms with E-state index in [2.05, 4.69) is 26.5 Å². The minimum Gasteiger partial charge on any atom is -0.382 e. The zero-order valence-electron chi connectivity index (χ0n) is 13.6. The molecule has 1 atom stereocenters. The summed E-state index contributed by atoms with van der Waals surface area (Å²) < 4.78 is 0. The first kappa shape index (κ1) is 15.4.